The Balaban J connectivity index is 1.75. The summed E-state index contributed by atoms with van der Waals surface area (Å²) < 4.78 is 46.6. The highest BCUT2D eigenvalue weighted by molar-refractivity contribution is 5.86. The van der Waals surface area contributed by atoms with Gasteiger partial charge in [0.1, 0.15) is 0 Å². The van der Waals surface area contributed by atoms with Crippen LogP contribution in [0.2, 0.25) is 0 Å². The first-order chi connectivity index (χ1) is 16.9. The Morgan fingerprint density at radius 3 is 2.34 bits per heavy atom. The topological polar surface area (TPSA) is 43.3 Å². The lowest BCUT2D eigenvalue weighted by Crippen LogP contribution is -2.28. The van der Waals surface area contributed by atoms with Crippen molar-refractivity contribution in [2.24, 2.45) is 0 Å². The van der Waals surface area contributed by atoms with E-state index in [1.54, 1.807) is 7.11 Å². The molecule has 1 heterocycles. The third kappa shape index (κ3) is 5.92. The monoisotopic (exact) mass is 480 g/mol. The van der Waals surface area contributed by atoms with E-state index in [1.165, 1.54) is 12.1 Å². The van der Waals surface area contributed by atoms with Gasteiger partial charge in [-0.1, -0.05) is 60.7 Å². The first kappa shape index (κ1) is 24.5. The number of alkyl halides is 3. The number of benzene rings is 3. The van der Waals surface area contributed by atoms with Gasteiger partial charge in [-0.15, -0.1) is 0 Å². The summed E-state index contributed by atoms with van der Waals surface area (Å²) in [6.07, 6.45) is -2.30. The van der Waals surface area contributed by atoms with Gasteiger partial charge in [-0.25, -0.2) is 0 Å². The molecule has 1 N–H and O–H groups in total. The summed E-state index contributed by atoms with van der Waals surface area (Å²) in [6, 6.07) is 23.0. The predicted octanol–water partition coefficient (Wildman–Crippen LogP) is 5.99. The van der Waals surface area contributed by atoms with Gasteiger partial charge in [0.05, 0.1) is 12.2 Å². The van der Waals surface area contributed by atoms with E-state index in [1.807, 2.05) is 60.8 Å². The molecule has 4 rings (SSSR count). The van der Waals surface area contributed by atoms with Crippen LogP contribution in [0, 0.1) is 0 Å². The van der Waals surface area contributed by atoms with Crippen LogP contribution in [-0.2, 0) is 22.3 Å². The summed E-state index contributed by atoms with van der Waals surface area (Å²) in [4.78, 5) is 12.8. The molecule has 0 radical (unpaired) electrons. The van der Waals surface area contributed by atoms with Crippen molar-refractivity contribution in [2.75, 3.05) is 20.3 Å². The molecule has 1 amide bonds. The van der Waals surface area contributed by atoms with Crippen molar-refractivity contribution in [3.8, 4) is 0 Å². The van der Waals surface area contributed by atoms with Crippen molar-refractivity contribution in [1.29, 1.82) is 0 Å². The molecule has 1 aromatic heterocycles. The number of rotatable bonds is 9. The molecular formula is C28H27F3N2O2. The minimum Gasteiger partial charge on any atom is -0.383 e. The average molecular weight is 481 g/mol. The molecule has 0 fully saturated rings. The molecule has 182 valence electrons. The molecule has 0 unspecified atom stereocenters. The van der Waals surface area contributed by atoms with Gasteiger partial charge in [0, 0.05) is 49.6 Å². The van der Waals surface area contributed by atoms with Gasteiger partial charge < -0.3 is 14.6 Å². The van der Waals surface area contributed by atoms with E-state index >= 15 is 0 Å². The zero-order valence-electron chi connectivity index (χ0n) is 19.4. The molecule has 0 saturated heterocycles. The van der Waals surface area contributed by atoms with Crippen LogP contribution in [0.5, 0.6) is 0 Å². The molecule has 0 bridgehead atoms. The van der Waals surface area contributed by atoms with Crippen LogP contribution in [0.4, 0.5) is 13.2 Å². The number of hydrogen-bond donors (Lipinski definition) is 1. The van der Waals surface area contributed by atoms with Gasteiger partial charge in [-0.05, 0) is 34.9 Å². The number of carbonyl (C=O) groups excluding carboxylic acids is 1. The first-order valence-corrected chi connectivity index (χ1v) is 11.4. The number of ether oxygens (including phenoxy) is 1. The zero-order valence-corrected chi connectivity index (χ0v) is 19.4. The number of nitrogens with one attached hydrogen (secondary N) is 1. The Hall–Kier alpha value is -3.58. The minimum absolute atomic E-state index is 0.106. The molecule has 4 aromatic rings. The number of aromatic nitrogens is 1. The average Bonchev–Trinajstić information content (AvgIpc) is 3.21. The number of fused-ring (bicyclic) bond motifs is 1. The van der Waals surface area contributed by atoms with Crippen molar-refractivity contribution in [2.45, 2.75) is 25.1 Å². The molecule has 35 heavy (non-hydrogen) atoms. The third-order valence-corrected chi connectivity index (χ3v) is 6.05. The Kier molecular flexibility index (Phi) is 7.56. The van der Waals surface area contributed by atoms with Crippen LogP contribution in [-0.4, -0.2) is 30.7 Å². The van der Waals surface area contributed by atoms with Crippen LogP contribution >= 0.6 is 0 Å². The predicted molar refractivity (Wildman–Crippen MR) is 130 cm³/mol. The number of hydrogen-bond acceptors (Lipinski definition) is 2. The van der Waals surface area contributed by atoms with E-state index in [2.05, 4.69) is 9.88 Å². The maximum Gasteiger partial charge on any atom is 0.416 e. The molecule has 0 aliphatic rings. The second-order valence-electron chi connectivity index (χ2n) is 8.43. The van der Waals surface area contributed by atoms with E-state index in [0.29, 0.717) is 25.3 Å². The second-order valence-corrected chi connectivity index (χ2v) is 8.43. The zero-order chi connectivity index (χ0) is 24.8. The van der Waals surface area contributed by atoms with Gasteiger partial charge in [0.15, 0.2) is 0 Å². The smallest absolute Gasteiger partial charge is 0.383 e. The third-order valence-electron chi connectivity index (χ3n) is 6.05. The highest BCUT2D eigenvalue weighted by Gasteiger charge is 2.31. The van der Waals surface area contributed by atoms with Crippen molar-refractivity contribution < 1.29 is 22.7 Å². The van der Waals surface area contributed by atoms with Gasteiger partial charge >= 0.3 is 6.18 Å². The van der Waals surface area contributed by atoms with Crippen LogP contribution in [0.15, 0.2) is 85.1 Å². The first-order valence-electron chi connectivity index (χ1n) is 11.4. The summed E-state index contributed by atoms with van der Waals surface area (Å²) in [5, 5.41) is 3.80. The largest absolute Gasteiger partial charge is 0.416 e. The molecule has 7 heteroatoms. The Morgan fingerprint density at radius 2 is 1.66 bits per heavy atom. The molecule has 4 nitrogen and oxygen atoms in total. The lowest BCUT2D eigenvalue weighted by Gasteiger charge is -2.18. The van der Waals surface area contributed by atoms with E-state index in [4.69, 9.17) is 4.74 Å². The molecule has 1 atom stereocenters. The molecule has 0 saturated carbocycles. The van der Waals surface area contributed by atoms with Crippen LogP contribution in [0.1, 0.15) is 34.6 Å². The number of nitrogens with zero attached hydrogens (tertiary/aromatic N) is 1. The lowest BCUT2D eigenvalue weighted by atomic mass is 9.87. The molecule has 0 spiro atoms. The van der Waals surface area contributed by atoms with Crippen LogP contribution < -0.4 is 5.32 Å². The van der Waals surface area contributed by atoms with Crippen molar-refractivity contribution in [1.82, 2.24) is 9.88 Å². The van der Waals surface area contributed by atoms with Gasteiger partial charge in [0.2, 0.25) is 5.91 Å². The van der Waals surface area contributed by atoms with E-state index in [9.17, 15) is 18.0 Å². The summed E-state index contributed by atoms with van der Waals surface area (Å²) in [5.41, 5.74) is 2.97. The normalized spacial score (nSPS) is 12.6. The van der Waals surface area contributed by atoms with E-state index < -0.39 is 17.7 Å². The second kappa shape index (κ2) is 10.8. The quantitative estimate of drug-likeness (QED) is 0.299. The molecular weight excluding hydrogens is 453 g/mol. The van der Waals surface area contributed by atoms with Crippen LogP contribution in [0.3, 0.4) is 0 Å². The fraction of sp³-hybridized carbons (Fsp3) is 0.250. The maximum absolute atomic E-state index is 13.2. The lowest BCUT2D eigenvalue weighted by molar-refractivity contribution is -0.137. The van der Waals surface area contributed by atoms with Gasteiger partial charge in [-0.3, -0.25) is 4.79 Å². The van der Waals surface area contributed by atoms with Gasteiger partial charge in [0.25, 0.3) is 0 Å². The van der Waals surface area contributed by atoms with Crippen LogP contribution in [0.25, 0.3) is 10.9 Å². The van der Waals surface area contributed by atoms with Crippen molar-refractivity contribution >= 4 is 16.8 Å². The highest BCUT2D eigenvalue weighted by Crippen LogP contribution is 2.37. The number of halogens is 3. The van der Waals surface area contributed by atoms with Crippen molar-refractivity contribution in [3.05, 3.63) is 107 Å². The number of carbonyl (C=O) groups is 1. The van der Waals surface area contributed by atoms with E-state index in [0.717, 1.165) is 34.2 Å². The molecule has 0 aliphatic carbocycles. The Bertz CT molecular complexity index is 1270. The number of methoxy groups -OCH3 is 1. The molecule has 0 aliphatic heterocycles. The summed E-state index contributed by atoms with van der Waals surface area (Å²) in [7, 11) is 1.55. The summed E-state index contributed by atoms with van der Waals surface area (Å²) in [6.45, 7) is 1.39. The van der Waals surface area contributed by atoms with E-state index in [-0.39, 0.29) is 12.3 Å². The fourth-order valence-electron chi connectivity index (χ4n) is 4.33. The number of para-hydroxylation sites is 1. The van der Waals surface area contributed by atoms with Crippen molar-refractivity contribution in [3.63, 3.8) is 0 Å². The maximum atomic E-state index is 13.2. The number of amides is 1. The molecule has 3 aromatic carbocycles. The fourth-order valence-corrected chi connectivity index (χ4v) is 4.33. The Morgan fingerprint density at radius 1 is 0.971 bits per heavy atom. The SMILES string of the molecule is COCCNC(=O)C[C@H](c1ccc(C(F)(F)F)cc1)c1cn(Cc2ccccc2)c2ccccc12. The summed E-state index contributed by atoms with van der Waals surface area (Å²) >= 11 is 0. The highest BCUT2D eigenvalue weighted by atomic mass is 19.4. The summed E-state index contributed by atoms with van der Waals surface area (Å²) in [5.74, 6) is -0.603. The Labute approximate surface area is 202 Å². The standard InChI is InChI=1S/C28H27F3N2O2/c1-35-16-15-32-27(34)17-24(21-11-13-22(14-12-21)28(29,30)31)25-19-33(18-20-7-3-2-4-8-20)26-10-6-5-9-23(25)26/h2-14,19,24H,15-18H2,1H3,(H,32,34)/t24-/m1/s1. The van der Waals surface area contributed by atoms with Gasteiger partial charge in [-0.2, -0.15) is 13.2 Å². The minimum atomic E-state index is -4.42.